The van der Waals surface area contributed by atoms with Crippen LogP contribution in [0.1, 0.15) is 24.8 Å². The number of ether oxygens (including phenoxy) is 2. The summed E-state index contributed by atoms with van der Waals surface area (Å²) in [5.41, 5.74) is 1.76. The van der Waals surface area contributed by atoms with Gasteiger partial charge in [0.25, 0.3) is 0 Å². The molecule has 9 heteroatoms. The van der Waals surface area contributed by atoms with Crippen LogP contribution in [0.15, 0.2) is 48.5 Å². The maximum Gasteiger partial charge on any atom is 0.236 e. The minimum absolute atomic E-state index is 0.0960. The molecule has 8 nitrogen and oxygen atoms in total. The Morgan fingerprint density at radius 2 is 1.87 bits per heavy atom. The molecule has 0 spiro atoms. The summed E-state index contributed by atoms with van der Waals surface area (Å²) in [4.78, 5) is 13.4. The number of amides is 1. The first kappa shape index (κ1) is 19.8. The van der Waals surface area contributed by atoms with Crippen molar-refractivity contribution < 1.29 is 14.3 Å². The van der Waals surface area contributed by atoms with E-state index in [9.17, 15) is 4.79 Å². The summed E-state index contributed by atoms with van der Waals surface area (Å²) in [6, 6.07) is 15.2. The summed E-state index contributed by atoms with van der Waals surface area (Å²) >= 11 is 1.27. The number of fused-ring (bicyclic) bond motifs is 1. The minimum Gasteiger partial charge on any atom is -0.493 e. The van der Waals surface area contributed by atoms with Crippen molar-refractivity contribution in [3.05, 3.63) is 54.1 Å². The number of carbonyl (C=O) groups is 1. The van der Waals surface area contributed by atoms with Gasteiger partial charge in [-0.15, -0.1) is 15.3 Å². The average molecular weight is 423 g/mol. The molecule has 4 rings (SSSR count). The number of hydrogen-bond donors (Lipinski definition) is 1. The fraction of sp³-hybridized carbons (Fsp3) is 0.238. The molecule has 0 saturated heterocycles. The molecular weight excluding hydrogens is 402 g/mol. The normalized spacial score (nSPS) is 12.0. The van der Waals surface area contributed by atoms with Crippen molar-refractivity contribution in [2.75, 3.05) is 19.5 Å². The Balaban J connectivity index is 1.61. The molecule has 0 radical (unpaired) electrons. The summed E-state index contributed by atoms with van der Waals surface area (Å²) in [5, 5.41) is 16.3. The Kier molecular flexibility index (Phi) is 5.62. The first-order chi connectivity index (χ1) is 14.6. The quantitative estimate of drug-likeness (QED) is 0.483. The van der Waals surface area contributed by atoms with Gasteiger partial charge in [-0.3, -0.25) is 10.1 Å². The molecule has 0 fully saturated rings. The van der Waals surface area contributed by atoms with Crippen LogP contribution >= 0.6 is 11.3 Å². The largest absolute Gasteiger partial charge is 0.493 e. The molecule has 0 bridgehead atoms. The van der Waals surface area contributed by atoms with Gasteiger partial charge in [0, 0.05) is 5.56 Å². The highest BCUT2D eigenvalue weighted by molar-refractivity contribution is 7.20. The second-order valence-electron chi connectivity index (χ2n) is 6.56. The predicted octanol–water partition coefficient (Wildman–Crippen LogP) is 4.00. The Bertz CT molecular complexity index is 1170. The molecule has 2 heterocycles. The van der Waals surface area contributed by atoms with Crippen molar-refractivity contribution >= 4 is 27.3 Å². The zero-order valence-corrected chi connectivity index (χ0v) is 17.6. The van der Waals surface area contributed by atoms with Crippen LogP contribution in [0.25, 0.3) is 16.3 Å². The van der Waals surface area contributed by atoms with Gasteiger partial charge in [-0.25, -0.2) is 0 Å². The lowest BCUT2D eigenvalue weighted by Crippen LogP contribution is -2.20. The molecule has 1 N–H and O–H groups in total. The molecule has 30 heavy (non-hydrogen) atoms. The Morgan fingerprint density at radius 1 is 1.10 bits per heavy atom. The van der Waals surface area contributed by atoms with Crippen LogP contribution in [0.5, 0.6) is 11.5 Å². The van der Waals surface area contributed by atoms with Crippen LogP contribution in [0.4, 0.5) is 5.13 Å². The number of nitrogens with one attached hydrogen (secondary N) is 1. The number of hydrogen-bond acceptors (Lipinski definition) is 7. The smallest absolute Gasteiger partial charge is 0.236 e. The van der Waals surface area contributed by atoms with Gasteiger partial charge in [-0.1, -0.05) is 48.6 Å². The van der Waals surface area contributed by atoms with E-state index in [4.69, 9.17) is 9.47 Å². The molecule has 4 aromatic rings. The summed E-state index contributed by atoms with van der Waals surface area (Å²) in [6.07, 6.45) is 0.691. The highest BCUT2D eigenvalue weighted by atomic mass is 32.1. The Hall–Kier alpha value is -3.46. The lowest BCUT2D eigenvalue weighted by molar-refractivity contribution is -0.117. The maximum absolute atomic E-state index is 12.8. The zero-order chi connectivity index (χ0) is 21.1. The number of anilines is 1. The summed E-state index contributed by atoms with van der Waals surface area (Å²) < 4.78 is 12.3. The van der Waals surface area contributed by atoms with Crippen LogP contribution < -0.4 is 14.8 Å². The lowest BCUT2D eigenvalue weighted by atomic mass is 9.96. The molecule has 1 atom stereocenters. The molecule has 0 aliphatic heterocycles. The molecule has 0 aliphatic carbocycles. The van der Waals surface area contributed by atoms with Crippen LogP contribution in [-0.4, -0.2) is 39.9 Å². The van der Waals surface area contributed by atoms with Gasteiger partial charge in [0.1, 0.15) is 0 Å². The van der Waals surface area contributed by atoms with Crippen molar-refractivity contribution in [2.45, 2.75) is 19.3 Å². The molecule has 2 aromatic carbocycles. The number of nitrogens with zero attached hydrogens (tertiary/aromatic N) is 4. The lowest BCUT2D eigenvalue weighted by Gasteiger charge is -2.13. The van der Waals surface area contributed by atoms with Crippen LogP contribution in [-0.2, 0) is 4.79 Å². The minimum atomic E-state index is -0.245. The van der Waals surface area contributed by atoms with Gasteiger partial charge >= 0.3 is 0 Å². The number of carbonyl (C=O) groups excluding carboxylic acids is 1. The van der Waals surface area contributed by atoms with Crippen LogP contribution in [0, 0.1) is 0 Å². The van der Waals surface area contributed by atoms with E-state index < -0.39 is 0 Å². The highest BCUT2D eigenvalue weighted by Gasteiger charge is 2.21. The predicted molar refractivity (Wildman–Crippen MR) is 115 cm³/mol. The monoisotopic (exact) mass is 423 g/mol. The zero-order valence-electron chi connectivity index (χ0n) is 16.8. The maximum atomic E-state index is 12.8. The van der Waals surface area contributed by atoms with Crippen molar-refractivity contribution in [2.24, 2.45) is 0 Å². The van der Waals surface area contributed by atoms with E-state index in [2.05, 4.69) is 20.6 Å². The number of aromatic nitrogens is 4. The third kappa shape index (κ3) is 3.71. The van der Waals surface area contributed by atoms with Gasteiger partial charge in [0.2, 0.25) is 16.0 Å². The van der Waals surface area contributed by atoms with Crippen molar-refractivity contribution in [3.63, 3.8) is 0 Å². The van der Waals surface area contributed by atoms with Crippen molar-refractivity contribution in [3.8, 4) is 22.9 Å². The second kappa shape index (κ2) is 8.50. The van der Waals surface area contributed by atoms with E-state index in [0.717, 1.165) is 11.1 Å². The highest BCUT2D eigenvalue weighted by Crippen LogP contribution is 2.33. The number of methoxy groups -OCH3 is 2. The van der Waals surface area contributed by atoms with Gasteiger partial charge in [-0.05, 0) is 30.2 Å². The SMILES string of the molecule is CCC(C(=O)Nc1nn2c(-c3ccc(OC)c(OC)c3)nnc2s1)c1ccccc1. The average Bonchev–Trinajstić information content (AvgIpc) is 3.34. The van der Waals surface area contributed by atoms with E-state index in [1.165, 1.54) is 11.3 Å². The Morgan fingerprint density at radius 3 is 2.57 bits per heavy atom. The molecule has 2 aromatic heterocycles. The van der Waals surface area contributed by atoms with Gasteiger partial charge in [-0.2, -0.15) is 4.52 Å². The van der Waals surface area contributed by atoms with Crippen LogP contribution in [0.3, 0.4) is 0 Å². The van der Waals surface area contributed by atoms with Crippen molar-refractivity contribution in [1.29, 1.82) is 0 Å². The molecular formula is C21H21N5O3S. The third-order valence-electron chi connectivity index (χ3n) is 4.79. The molecule has 0 saturated carbocycles. The molecule has 154 valence electrons. The van der Waals surface area contributed by atoms with E-state index in [1.54, 1.807) is 24.8 Å². The first-order valence-electron chi connectivity index (χ1n) is 9.45. The fourth-order valence-corrected chi connectivity index (χ4v) is 4.02. The van der Waals surface area contributed by atoms with E-state index in [-0.39, 0.29) is 11.8 Å². The Labute approximate surface area is 177 Å². The van der Waals surface area contributed by atoms with Crippen LogP contribution in [0.2, 0.25) is 0 Å². The van der Waals surface area contributed by atoms with E-state index >= 15 is 0 Å². The summed E-state index contributed by atoms with van der Waals surface area (Å²) in [7, 11) is 3.16. The number of rotatable bonds is 7. The van der Waals surface area contributed by atoms with E-state index in [0.29, 0.717) is 33.8 Å². The van der Waals surface area contributed by atoms with Gasteiger partial charge in [0.05, 0.1) is 20.1 Å². The van der Waals surface area contributed by atoms with E-state index in [1.807, 2.05) is 49.4 Å². The first-order valence-corrected chi connectivity index (χ1v) is 10.3. The fourth-order valence-electron chi connectivity index (χ4n) is 3.27. The van der Waals surface area contributed by atoms with Crippen molar-refractivity contribution in [1.82, 2.24) is 19.8 Å². The van der Waals surface area contributed by atoms with Gasteiger partial charge < -0.3 is 9.47 Å². The van der Waals surface area contributed by atoms with Gasteiger partial charge in [0.15, 0.2) is 17.3 Å². The summed E-state index contributed by atoms with van der Waals surface area (Å²) in [5.74, 6) is 1.42. The molecule has 0 aliphatic rings. The summed E-state index contributed by atoms with van der Waals surface area (Å²) in [6.45, 7) is 1.99. The molecule has 1 amide bonds. The second-order valence-corrected chi connectivity index (χ2v) is 7.51. The standard InChI is InChI=1S/C21H21N5O3S/c1-4-15(13-8-6-5-7-9-13)19(27)22-20-25-26-18(23-24-21(26)30-20)14-10-11-16(28-2)17(12-14)29-3/h5-12,15H,4H2,1-3H3,(H,22,25,27). The third-order valence-corrected chi connectivity index (χ3v) is 5.60. The number of benzene rings is 2. The molecule has 1 unspecified atom stereocenters. The topological polar surface area (TPSA) is 90.6 Å².